The number of anilines is 1. The number of carbonyl (C=O) groups is 2. The van der Waals surface area contributed by atoms with E-state index in [-0.39, 0.29) is 11.8 Å². The lowest BCUT2D eigenvalue weighted by atomic mass is 10.1. The van der Waals surface area contributed by atoms with Crippen LogP contribution in [0.1, 0.15) is 46.0 Å². The standard InChI is InChI=1S/C21H26N2O3/c1-5-6-14-26-19-13-8-7-10-17(19)20(24)22-18-12-9-11-16(15(18)2)21(25)23(3)4/h7-13H,5-6,14H2,1-4H3,(H,22,24). The fraction of sp³-hybridized carbons (Fsp3) is 0.333. The summed E-state index contributed by atoms with van der Waals surface area (Å²) in [7, 11) is 3.41. The Morgan fingerprint density at radius 1 is 1.04 bits per heavy atom. The normalized spacial score (nSPS) is 10.3. The van der Waals surface area contributed by atoms with E-state index in [9.17, 15) is 9.59 Å². The van der Waals surface area contributed by atoms with Crippen LogP contribution in [0, 0.1) is 6.92 Å². The molecule has 26 heavy (non-hydrogen) atoms. The molecule has 0 aromatic heterocycles. The molecule has 138 valence electrons. The van der Waals surface area contributed by atoms with Crippen molar-refractivity contribution in [1.29, 1.82) is 0 Å². The average molecular weight is 354 g/mol. The molecule has 2 aromatic carbocycles. The number of ether oxygens (including phenoxy) is 1. The molecule has 0 unspecified atom stereocenters. The summed E-state index contributed by atoms with van der Waals surface area (Å²) in [6.45, 7) is 4.50. The zero-order chi connectivity index (χ0) is 19.1. The number of nitrogens with zero attached hydrogens (tertiary/aromatic N) is 1. The van der Waals surface area contributed by atoms with Gasteiger partial charge in [-0.1, -0.05) is 31.5 Å². The second-order valence-corrected chi connectivity index (χ2v) is 6.33. The summed E-state index contributed by atoms with van der Waals surface area (Å²) in [5.74, 6) is 0.216. The van der Waals surface area contributed by atoms with Gasteiger partial charge >= 0.3 is 0 Å². The van der Waals surface area contributed by atoms with Crippen LogP contribution < -0.4 is 10.1 Å². The minimum atomic E-state index is -0.255. The molecule has 0 atom stereocenters. The smallest absolute Gasteiger partial charge is 0.259 e. The molecule has 1 N–H and O–H groups in total. The summed E-state index contributed by atoms with van der Waals surface area (Å²) in [4.78, 5) is 26.5. The SMILES string of the molecule is CCCCOc1ccccc1C(=O)Nc1cccc(C(=O)N(C)C)c1C. The van der Waals surface area contributed by atoms with E-state index in [1.54, 1.807) is 50.5 Å². The maximum atomic E-state index is 12.7. The van der Waals surface area contributed by atoms with Gasteiger partial charge in [0.25, 0.3) is 11.8 Å². The highest BCUT2D eigenvalue weighted by molar-refractivity contribution is 6.07. The summed E-state index contributed by atoms with van der Waals surface area (Å²) >= 11 is 0. The van der Waals surface area contributed by atoms with Gasteiger partial charge in [0, 0.05) is 25.3 Å². The van der Waals surface area contributed by atoms with Crippen LogP contribution >= 0.6 is 0 Å². The second kappa shape index (κ2) is 9.04. The first-order valence-electron chi connectivity index (χ1n) is 8.80. The summed E-state index contributed by atoms with van der Waals surface area (Å²) in [6, 6.07) is 12.5. The van der Waals surface area contributed by atoms with Crippen molar-refractivity contribution in [3.05, 3.63) is 59.2 Å². The summed E-state index contributed by atoms with van der Waals surface area (Å²) in [5.41, 5.74) is 2.41. The molecule has 0 saturated heterocycles. The number of amides is 2. The van der Waals surface area contributed by atoms with Crippen LogP contribution in [0.4, 0.5) is 5.69 Å². The Labute approximate surface area is 155 Å². The molecule has 0 radical (unpaired) electrons. The molecule has 0 saturated carbocycles. The van der Waals surface area contributed by atoms with Crippen molar-refractivity contribution in [2.24, 2.45) is 0 Å². The quantitative estimate of drug-likeness (QED) is 0.761. The van der Waals surface area contributed by atoms with Gasteiger partial charge in [-0.2, -0.15) is 0 Å². The monoisotopic (exact) mass is 354 g/mol. The summed E-state index contributed by atoms with van der Waals surface area (Å²) in [5, 5.41) is 2.90. The minimum absolute atomic E-state index is 0.0955. The van der Waals surface area contributed by atoms with Crippen molar-refractivity contribution in [3.63, 3.8) is 0 Å². The Bertz CT molecular complexity index is 785. The zero-order valence-corrected chi connectivity index (χ0v) is 15.8. The Morgan fingerprint density at radius 3 is 2.42 bits per heavy atom. The van der Waals surface area contributed by atoms with Gasteiger partial charge in [0.1, 0.15) is 5.75 Å². The first-order valence-corrected chi connectivity index (χ1v) is 8.80. The number of rotatable bonds is 7. The van der Waals surface area contributed by atoms with E-state index >= 15 is 0 Å². The number of nitrogens with one attached hydrogen (secondary N) is 1. The first kappa shape index (κ1) is 19.5. The lowest BCUT2D eigenvalue weighted by molar-refractivity contribution is 0.0826. The number of hydrogen-bond donors (Lipinski definition) is 1. The van der Waals surface area contributed by atoms with E-state index in [2.05, 4.69) is 12.2 Å². The number of para-hydroxylation sites is 1. The van der Waals surface area contributed by atoms with E-state index in [1.165, 1.54) is 4.90 Å². The van der Waals surface area contributed by atoms with Crippen LogP contribution in [0.5, 0.6) is 5.75 Å². The van der Waals surface area contributed by atoms with Gasteiger partial charge in [-0.15, -0.1) is 0 Å². The van der Waals surface area contributed by atoms with E-state index in [0.717, 1.165) is 18.4 Å². The zero-order valence-electron chi connectivity index (χ0n) is 15.8. The van der Waals surface area contributed by atoms with Crippen molar-refractivity contribution in [2.45, 2.75) is 26.7 Å². The summed E-state index contributed by atoms with van der Waals surface area (Å²) in [6.07, 6.45) is 1.96. The predicted octanol–water partition coefficient (Wildman–Crippen LogP) is 4.13. The lowest BCUT2D eigenvalue weighted by Crippen LogP contribution is -2.23. The fourth-order valence-corrected chi connectivity index (χ4v) is 2.54. The van der Waals surface area contributed by atoms with Gasteiger partial charge in [0.15, 0.2) is 0 Å². The van der Waals surface area contributed by atoms with Crippen LogP contribution in [-0.2, 0) is 0 Å². The van der Waals surface area contributed by atoms with E-state index in [1.807, 2.05) is 13.0 Å². The highest BCUT2D eigenvalue weighted by Gasteiger charge is 2.17. The van der Waals surface area contributed by atoms with Crippen LogP contribution in [0.25, 0.3) is 0 Å². The molecule has 0 aliphatic rings. The Hall–Kier alpha value is -2.82. The molecule has 0 bridgehead atoms. The van der Waals surface area contributed by atoms with Gasteiger partial charge in [-0.3, -0.25) is 9.59 Å². The maximum Gasteiger partial charge on any atom is 0.259 e. The fourth-order valence-electron chi connectivity index (χ4n) is 2.54. The number of benzene rings is 2. The Balaban J connectivity index is 2.23. The average Bonchev–Trinajstić information content (AvgIpc) is 2.63. The van der Waals surface area contributed by atoms with Crippen LogP contribution in [0.2, 0.25) is 0 Å². The Morgan fingerprint density at radius 2 is 1.73 bits per heavy atom. The van der Waals surface area contributed by atoms with Crippen molar-refractivity contribution in [2.75, 3.05) is 26.0 Å². The molecule has 2 aromatic rings. The van der Waals surface area contributed by atoms with E-state index in [0.29, 0.717) is 29.2 Å². The third kappa shape index (κ3) is 4.63. The van der Waals surface area contributed by atoms with Crippen molar-refractivity contribution in [1.82, 2.24) is 4.90 Å². The molecular formula is C21H26N2O3. The maximum absolute atomic E-state index is 12.7. The molecule has 2 rings (SSSR count). The van der Waals surface area contributed by atoms with Crippen LogP contribution in [0.3, 0.4) is 0 Å². The second-order valence-electron chi connectivity index (χ2n) is 6.33. The lowest BCUT2D eigenvalue weighted by Gasteiger charge is -2.16. The Kier molecular flexibility index (Phi) is 6.78. The van der Waals surface area contributed by atoms with E-state index in [4.69, 9.17) is 4.74 Å². The summed E-state index contributed by atoms with van der Waals surface area (Å²) < 4.78 is 5.74. The largest absolute Gasteiger partial charge is 0.493 e. The van der Waals surface area contributed by atoms with Gasteiger partial charge in [0.05, 0.1) is 12.2 Å². The van der Waals surface area contributed by atoms with Crippen molar-refractivity contribution >= 4 is 17.5 Å². The van der Waals surface area contributed by atoms with E-state index < -0.39 is 0 Å². The molecule has 5 heteroatoms. The number of hydrogen-bond acceptors (Lipinski definition) is 3. The van der Waals surface area contributed by atoms with Gasteiger partial charge in [-0.05, 0) is 43.2 Å². The number of carbonyl (C=O) groups excluding carboxylic acids is 2. The molecule has 0 spiro atoms. The van der Waals surface area contributed by atoms with Gasteiger partial charge in [0.2, 0.25) is 0 Å². The third-order valence-electron chi connectivity index (χ3n) is 4.11. The molecule has 5 nitrogen and oxygen atoms in total. The molecule has 0 aliphatic heterocycles. The van der Waals surface area contributed by atoms with Crippen molar-refractivity contribution < 1.29 is 14.3 Å². The molecule has 0 heterocycles. The molecule has 2 amide bonds. The molecule has 0 fully saturated rings. The van der Waals surface area contributed by atoms with Gasteiger partial charge in [-0.25, -0.2) is 0 Å². The predicted molar refractivity (Wildman–Crippen MR) is 104 cm³/mol. The van der Waals surface area contributed by atoms with Gasteiger partial charge < -0.3 is 15.0 Å². The third-order valence-corrected chi connectivity index (χ3v) is 4.11. The van der Waals surface area contributed by atoms with Crippen molar-refractivity contribution in [3.8, 4) is 5.75 Å². The molecule has 0 aliphatic carbocycles. The first-order chi connectivity index (χ1) is 12.5. The van der Waals surface area contributed by atoms with Crippen LogP contribution in [0.15, 0.2) is 42.5 Å². The van der Waals surface area contributed by atoms with Crippen LogP contribution in [-0.4, -0.2) is 37.4 Å². The highest BCUT2D eigenvalue weighted by atomic mass is 16.5. The topological polar surface area (TPSA) is 58.6 Å². The highest BCUT2D eigenvalue weighted by Crippen LogP contribution is 2.23. The molecular weight excluding hydrogens is 328 g/mol. The minimum Gasteiger partial charge on any atom is -0.493 e. The number of unbranched alkanes of at least 4 members (excludes halogenated alkanes) is 1.